The molecule has 0 aliphatic rings. The lowest BCUT2D eigenvalue weighted by Gasteiger charge is -2.11. The van der Waals surface area contributed by atoms with Crippen molar-refractivity contribution in [2.24, 2.45) is 5.92 Å². The molecule has 0 aliphatic heterocycles. The fourth-order valence-corrected chi connectivity index (χ4v) is 3.27. The molecular weight excluding hydrogens is 376 g/mol. The number of hydrogen-bond donors (Lipinski definition) is 1. The van der Waals surface area contributed by atoms with Crippen LogP contribution in [0.4, 0.5) is 0 Å². The van der Waals surface area contributed by atoms with Crippen molar-refractivity contribution < 1.29 is 19.4 Å². The quantitative estimate of drug-likeness (QED) is 0.115. The molecule has 0 amide bonds. The van der Waals surface area contributed by atoms with E-state index in [4.69, 9.17) is 9.47 Å². The Morgan fingerprint density at radius 3 is 1.90 bits per heavy atom. The first-order chi connectivity index (χ1) is 14.6. The van der Waals surface area contributed by atoms with Crippen LogP contribution in [0.15, 0.2) is 12.2 Å². The van der Waals surface area contributed by atoms with Gasteiger partial charge in [0.15, 0.2) is 0 Å². The van der Waals surface area contributed by atoms with Crippen molar-refractivity contribution in [3.05, 3.63) is 12.2 Å². The number of carbonyl (C=O) groups excluding carboxylic acids is 1. The summed E-state index contributed by atoms with van der Waals surface area (Å²) in [5, 5.41) is 9.74. The normalized spacial score (nSPS) is 12.7. The van der Waals surface area contributed by atoms with Crippen molar-refractivity contribution >= 4 is 5.97 Å². The summed E-state index contributed by atoms with van der Waals surface area (Å²) in [6.45, 7) is 7.36. The van der Waals surface area contributed by atoms with E-state index in [2.05, 4.69) is 20.8 Å². The number of carbonyl (C=O) groups is 1. The molecule has 0 saturated heterocycles. The van der Waals surface area contributed by atoms with Crippen molar-refractivity contribution in [2.75, 3.05) is 19.8 Å². The van der Waals surface area contributed by atoms with Crippen LogP contribution in [0.5, 0.6) is 0 Å². The SMILES string of the molecule is CCCCCCCCCCCCCCCC=CC(=O)OC[C@H](O)COCCC(C)C. The Balaban J connectivity index is 3.36. The Labute approximate surface area is 186 Å². The van der Waals surface area contributed by atoms with Gasteiger partial charge in [0.25, 0.3) is 0 Å². The minimum atomic E-state index is -0.754. The monoisotopic (exact) mass is 426 g/mol. The molecule has 1 N–H and O–H groups in total. The summed E-state index contributed by atoms with van der Waals surface area (Å²) in [7, 11) is 0. The van der Waals surface area contributed by atoms with Gasteiger partial charge in [0.1, 0.15) is 12.7 Å². The van der Waals surface area contributed by atoms with Gasteiger partial charge >= 0.3 is 5.97 Å². The van der Waals surface area contributed by atoms with E-state index in [1.165, 1.54) is 83.1 Å². The minimum absolute atomic E-state index is 0.0103. The largest absolute Gasteiger partial charge is 0.460 e. The van der Waals surface area contributed by atoms with E-state index in [9.17, 15) is 9.90 Å². The van der Waals surface area contributed by atoms with E-state index in [1.807, 2.05) is 6.08 Å². The Morgan fingerprint density at radius 2 is 1.37 bits per heavy atom. The van der Waals surface area contributed by atoms with Crippen LogP contribution in [0.25, 0.3) is 0 Å². The lowest BCUT2D eigenvalue weighted by Crippen LogP contribution is -2.23. The van der Waals surface area contributed by atoms with Gasteiger partial charge in [-0.1, -0.05) is 104 Å². The maximum absolute atomic E-state index is 11.6. The molecule has 0 saturated carbocycles. The summed E-state index contributed by atoms with van der Waals surface area (Å²) in [6, 6.07) is 0. The molecule has 0 rings (SSSR count). The molecule has 0 aromatic rings. The number of aliphatic hydroxyl groups is 1. The molecule has 4 nitrogen and oxygen atoms in total. The second kappa shape index (κ2) is 22.8. The van der Waals surface area contributed by atoms with Crippen molar-refractivity contribution in [3.63, 3.8) is 0 Å². The van der Waals surface area contributed by atoms with Crippen molar-refractivity contribution in [1.82, 2.24) is 0 Å². The number of hydrogen-bond acceptors (Lipinski definition) is 4. The molecule has 0 heterocycles. The lowest BCUT2D eigenvalue weighted by molar-refractivity contribution is -0.141. The maximum Gasteiger partial charge on any atom is 0.330 e. The van der Waals surface area contributed by atoms with Gasteiger partial charge < -0.3 is 14.6 Å². The average molecular weight is 427 g/mol. The van der Waals surface area contributed by atoms with Crippen molar-refractivity contribution in [1.29, 1.82) is 0 Å². The first-order valence-electron chi connectivity index (χ1n) is 12.6. The van der Waals surface area contributed by atoms with Gasteiger partial charge in [0.05, 0.1) is 6.61 Å². The molecule has 0 aliphatic carbocycles. The van der Waals surface area contributed by atoms with Crippen molar-refractivity contribution in [3.8, 4) is 0 Å². The number of esters is 1. The van der Waals surface area contributed by atoms with Crippen LogP contribution in [0.1, 0.15) is 117 Å². The summed E-state index contributed by atoms with van der Waals surface area (Å²) in [5.41, 5.74) is 0. The average Bonchev–Trinajstić information content (AvgIpc) is 2.72. The molecule has 0 spiro atoms. The number of ether oxygens (including phenoxy) is 2. The third-order valence-corrected chi connectivity index (χ3v) is 5.30. The van der Waals surface area contributed by atoms with Gasteiger partial charge in [-0.3, -0.25) is 0 Å². The Kier molecular flexibility index (Phi) is 22.1. The van der Waals surface area contributed by atoms with Crippen LogP contribution < -0.4 is 0 Å². The molecule has 4 heteroatoms. The topological polar surface area (TPSA) is 55.8 Å². The maximum atomic E-state index is 11.6. The summed E-state index contributed by atoms with van der Waals surface area (Å²) in [6.07, 6.45) is 22.0. The van der Waals surface area contributed by atoms with Gasteiger partial charge in [-0.15, -0.1) is 0 Å². The zero-order chi connectivity index (χ0) is 22.3. The van der Waals surface area contributed by atoms with Gasteiger partial charge in [-0.2, -0.15) is 0 Å². The Bertz CT molecular complexity index is 392. The number of allylic oxidation sites excluding steroid dienone is 1. The standard InChI is InChI=1S/C26H50O4/c1-4-5-6-7-8-9-10-11-12-13-14-15-16-17-18-19-26(28)30-23-25(27)22-29-21-20-24(2)3/h18-19,24-25,27H,4-17,20-23H2,1-3H3/t25-/m1/s1. The molecule has 1 atom stereocenters. The van der Waals surface area contributed by atoms with Gasteiger partial charge in [-0.05, 0) is 25.2 Å². The number of aliphatic hydroxyl groups excluding tert-OH is 1. The molecule has 0 fully saturated rings. The molecule has 0 radical (unpaired) electrons. The van der Waals surface area contributed by atoms with E-state index >= 15 is 0 Å². The predicted octanol–water partition coefficient (Wildman–Crippen LogP) is 6.99. The highest BCUT2D eigenvalue weighted by Crippen LogP contribution is 2.13. The van der Waals surface area contributed by atoms with E-state index in [1.54, 1.807) is 0 Å². The molecule has 0 aromatic carbocycles. The molecule has 178 valence electrons. The first kappa shape index (κ1) is 29.1. The molecule has 0 unspecified atom stereocenters. The lowest BCUT2D eigenvalue weighted by atomic mass is 10.0. The van der Waals surface area contributed by atoms with Crippen LogP contribution >= 0.6 is 0 Å². The molecule has 0 aromatic heterocycles. The van der Waals surface area contributed by atoms with E-state index < -0.39 is 6.10 Å². The molecule has 0 bridgehead atoms. The van der Waals surface area contributed by atoms with E-state index in [0.29, 0.717) is 12.5 Å². The zero-order valence-electron chi connectivity index (χ0n) is 20.2. The number of rotatable bonds is 22. The summed E-state index contributed by atoms with van der Waals surface area (Å²) >= 11 is 0. The zero-order valence-corrected chi connectivity index (χ0v) is 20.2. The van der Waals surface area contributed by atoms with E-state index in [-0.39, 0.29) is 19.2 Å². The van der Waals surface area contributed by atoms with Crippen LogP contribution in [0.3, 0.4) is 0 Å². The van der Waals surface area contributed by atoms with Gasteiger partial charge in [0, 0.05) is 12.7 Å². The third kappa shape index (κ3) is 23.4. The highest BCUT2D eigenvalue weighted by Gasteiger charge is 2.07. The second-order valence-electron chi connectivity index (χ2n) is 8.97. The van der Waals surface area contributed by atoms with Gasteiger partial charge in [-0.25, -0.2) is 4.79 Å². The van der Waals surface area contributed by atoms with Crippen LogP contribution in [-0.4, -0.2) is 37.0 Å². The smallest absolute Gasteiger partial charge is 0.330 e. The molecular formula is C26H50O4. The third-order valence-electron chi connectivity index (χ3n) is 5.30. The summed E-state index contributed by atoms with van der Waals surface area (Å²) in [4.78, 5) is 11.6. The fraction of sp³-hybridized carbons (Fsp3) is 0.885. The second-order valence-corrected chi connectivity index (χ2v) is 8.97. The summed E-state index contributed by atoms with van der Waals surface area (Å²) < 4.78 is 10.4. The predicted molar refractivity (Wildman–Crippen MR) is 127 cm³/mol. The fourth-order valence-electron chi connectivity index (χ4n) is 3.27. The number of unbranched alkanes of at least 4 members (excludes halogenated alkanes) is 13. The van der Waals surface area contributed by atoms with Gasteiger partial charge in [0.2, 0.25) is 0 Å². The van der Waals surface area contributed by atoms with Crippen LogP contribution in [-0.2, 0) is 14.3 Å². The first-order valence-corrected chi connectivity index (χ1v) is 12.6. The highest BCUT2D eigenvalue weighted by atomic mass is 16.5. The Hall–Kier alpha value is -0.870. The highest BCUT2D eigenvalue weighted by molar-refractivity contribution is 5.81. The van der Waals surface area contributed by atoms with Crippen molar-refractivity contribution in [2.45, 2.75) is 123 Å². The molecule has 30 heavy (non-hydrogen) atoms. The van der Waals surface area contributed by atoms with Crippen LogP contribution in [0.2, 0.25) is 0 Å². The Morgan fingerprint density at radius 1 is 0.833 bits per heavy atom. The minimum Gasteiger partial charge on any atom is -0.460 e. The van der Waals surface area contributed by atoms with Crippen LogP contribution in [0, 0.1) is 5.92 Å². The van der Waals surface area contributed by atoms with E-state index in [0.717, 1.165) is 19.3 Å². The summed E-state index contributed by atoms with van der Waals surface area (Å²) in [5.74, 6) is 0.200.